The minimum Gasteiger partial charge on any atom is -0.465 e. The van der Waals surface area contributed by atoms with Crippen LogP contribution in [-0.2, 0) is 9.53 Å². The Hall–Kier alpha value is -3.35. The fraction of sp³-hybridized carbons (Fsp3) is 0.286. The van der Waals surface area contributed by atoms with Crippen molar-refractivity contribution in [3.63, 3.8) is 0 Å². The average Bonchev–Trinajstić information content (AvgIpc) is 2.73. The molecule has 0 radical (unpaired) electrons. The van der Waals surface area contributed by atoms with Crippen molar-refractivity contribution >= 4 is 29.2 Å². The van der Waals surface area contributed by atoms with E-state index in [1.54, 1.807) is 53.4 Å². The SMILES string of the molecule is CCN(CC)C(=O)c1ccc(NCC(=O)Nc2ccc(C(=O)OC)cc2)cc1. The molecule has 2 amide bonds. The van der Waals surface area contributed by atoms with Gasteiger partial charge in [0.05, 0.1) is 19.2 Å². The molecular weight excluding hydrogens is 358 g/mol. The Morgan fingerprint density at radius 1 is 0.857 bits per heavy atom. The first-order chi connectivity index (χ1) is 13.5. The first-order valence-electron chi connectivity index (χ1n) is 9.09. The largest absolute Gasteiger partial charge is 0.465 e. The number of amides is 2. The van der Waals surface area contributed by atoms with E-state index in [2.05, 4.69) is 15.4 Å². The smallest absolute Gasteiger partial charge is 0.337 e. The maximum atomic E-state index is 12.3. The molecule has 148 valence electrons. The lowest BCUT2D eigenvalue weighted by Gasteiger charge is -2.18. The van der Waals surface area contributed by atoms with Crippen LogP contribution >= 0.6 is 0 Å². The molecule has 2 aromatic rings. The number of hydrogen-bond acceptors (Lipinski definition) is 5. The number of anilines is 2. The van der Waals surface area contributed by atoms with Gasteiger partial charge in [0.15, 0.2) is 0 Å². The highest BCUT2D eigenvalue weighted by molar-refractivity contribution is 5.96. The van der Waals surface area contributed by atoms with E-state index in [0.717, 1.165) is 5.69 Å². The first kappa shape index (κ1) is 21.0. The van der Waals surface area contributed by atoms with Crippen LogP contribution in [-0.4, -0.2) is 49.4 Å². The quantitative estimate of drug-likeness (QED) is 0.684. The zero-order valence-electron chi connectivity index (χ0n) is 16.3. The summed E-state index contributed by atoms with van der Waals surface area (Å²) in [5.74, 6) is -0.665. The number of benzene rings is 2. The molecule has 7 heteroatoms. The normalized spacial score (nSPS) is 10.1. The Bertz CT molecular complexity index is 813. The lowest BCUT2D eigenvalue weighted by Crippen LogP contribution is -2.30. The maximum Gasteiger partial charge on any atom is 0.337 e. The number of nitrogens with one attached hydrogen (secondary N) is 2. The molecule has 2 aromatic carbocycles. The van der Waals surface area contributed by atoms with Gasteiger partial charge in [-0.15, -0.1) is 0 Å². The number of rotatable bonds is 8. The van der Waals surface area contributed by atoms with Gasteiger partial charge in [0.2, 0.25) is 5.91 Å². The molecule has 0 saturated carbocycles. The van der Waals surface area contributed by atoms with E-state index >= 15 is 0 Å². The molecule has 0 bridgehead atoms. The topological polar surface area (TPSA) is 87.7 Å². The molecule has 0 saturated heterocycles. The molecule has 7 nitrogen and oxygen atoms in total. The third-order valence-electron chi connectivity index (χ3n) is 4.23. The third kappa shape index (κ3) is 5.57. The monoisotopic (exact) mass is 383 g/mol. The summed E-state index contributed by atoms with van der Waals surface area (Å²) in [6.07, 6.45) is 0. The van der Waals surface area contributed by atoms with Crippen molar-refractivity contribution in [1.82, 2.24) is 4.90 Å². The van der Waals surface area contributed by atoms with Gasteiger partial charge in [-0.05, 0) is 62.4 Å². The van der Waals surface area contributed by atoms with Crippen molar-refractivity contribution in [2.75, 3.05) is 37.4 Å². The van der Waals surface area contributed by atoms with Crippen molar-refractivity contribution in [2.24, 2.45) is 0 Å². The highest BCUT2D eigenvalue weighted by Gasteiger charge is 2.12. The van der Waals surface area contributed by atoms with Crippen LogP contribution in [0.5, 0.6) is 0 Å². The Morgan fingerprint density at radius 2 is 1.39 bits per heavy atom. The maximum absolute atomic E-state index is 12.3. The van der Waals surface area contributed by atoms with Gasteiger partial charge in [-0.1, -0.05) is 0 Å². The number of methoxy groups -OCH3 is 1. The van der Waals surface area contributed by atoms with Gasteiger partial charge in [-0.2, -0.15) is 0 Å². The van der Waals surface area contributed by atoms with Crippen molar-refractivity contribution in [1.29, 1.82) is 0 Å². The second kappa shape index (κ2) is 10.1. The lowest BCUT2D eigenvalue weighted by atomic mass is 10.1. The van der Waals surface area contributed by atoms with E-state index in [0.29, 0.717) is 29.9 Å². The number of ether oxygens (including phenoxy) is 1. The van der Waals surface area contributed by atoms with E-state index < -0.39 is 5.97 Å². The van der Waals surface area contributed by atoms with Gasteiger partial charge in [0.1, 0.15) is 0 Å². The molecule has 0 heterocycles. The summed E-state index contributed by atoms with van der Waals surface area (Å²) in [6, 6.07) is 13.5. The lowest BCUT2D eigenvalue weighted by molar-refractivity contribution is -0.114. The van der Waals surface area contributed by atoms with Gasteiger partial charge in [0.25, 0.3) is 5.91 Å². The number of carbonyl (C=O) groups excluding carboxylic acids is 3. The van der Waals surface area contributed by atoms with E-state index in [4.69, 9.17) is 0 Å². The van der Waals surface area contributed by atoms with Gasteiger partial charge in [-0.3, -0.25) is 9.59 Å². The zero-order valence-corrected chi connectivity index (χ0v) is 16.3. The minimum atomic E-state index is -0.428. The van der Waals surface area contributed by atoms with Crippen molar-refractivity contribution in [3.8, 4) is 0 Å². The van der Waals surface area contributed by atoms with Crippen molar-refractivity contribution in [2.45, 2.75) is 13.8 Å². The molecule has 0 unspecified atom stereocenters. The molecule has 2 N–H and O–H groups in total. The summed E-state index contributed by atoms with van der Waals surface area (Å²) in [7, 11) is 1.32. The van der Waals surface area contributed by atoms with Crippen LogP contribution in [0.4, 0.5) is 11.4 Å². The molecular formula is C21H25N3O4. The molecule has 0 aliphatic rings. The minimum absolute atomic E-state index is 0.00954. The molecule has 28 heavy (non-hydrogen) atoms. The molecule has 2 rings (SSSR count). The van der Waals surface area contributed by atoms with Crippen LogP contribution in [0.15, 0.2) is 48.5 Å². The Morgan fingerprint density at radius 3 is 1.93 bits per heavy atom. The second-order valence-corrected chi connectivity index (χ2v) is 6.03. The first-order valence-corrected chi connectivity index (χ1v) is 9.09. The van der Waals surface area contributed by atoms with E-state index in [-0.39, 0.29) is 18.4 Å². The van der Waals surface area contributed by atoms with Crippen LogP contribution < -0.4 is 10.6 Å². The molecule has 0 aromatic heterocycles. The van der Waals surface area contributed by atoms with Crippen LogP contribution in [0.25, 0.3) is 0 Å². The predicted molar refractivity (Wildman–Crippen MR) is 109 cm³/mol. The summed E-state index contributed by atoms with van der Waals surface area (Å²) in [5.41, 5.74) is 2.36. The summed E-state index contributed by atoms with van der Waals surface area (Å²) in [5, 5.41) is 5.76. The average molecular weight is 383 g/mol. The summed E-state index contributed by atoms with van der Waals surface area (Å²) in [6.45, 7) is 5.28. The highest BCUT2D eigenvalue weighted by Crippen LogP contribution is 2.13. The van der Waals surface area contributed by atoms with Gasteiger partial charge in [0, 0.05) is 30.0 Å². The van der Waals surface area contributed by atoms with Gasteiger partial charge >= 0.3 is 5.97 Å². The molecule has 0 aliphatic carbocycles. The predicted octanol–water partition coefficient (Wildman–Crippen LogP) is 3.01. The number of carbonyl (C=O) groups is 3. The third-order valence-corrected chi connectivity index (χ3v) is 4.23. The summed E-state index contributed by atoms with van der Waals surface area (Å²) < 4.78 is 4.63. The summed E-state index contributed by atoms with van der Waals surface area (Å²) in [4.78, 5) is 37.5. The molecule has 0 fully saturated rings. The van der Waals surface area contributed by atoms with Crippen LogP contribution in [0.3, 0.4) is 0 Å². The van der Waals surface area contributed by atoms with E-state index in [1.807, 2.05) is 13.8 Å². The molecule has 0 atom stereocenters. The number of nitrogens with zero attached hydrogens (tertiary/aromatic N) is 1. The van der Waals surface area contributed by atoms with Crippen LogP contribution in [0.2, 0.25) is 0 Å². The van der Waals surface area contributed by atoms with E-state index in [9.17, 15) is 14.4 Å². The number of esters is 1. The Kier molecular flexibility index (Phi) is 7.56. The molecule has 0 aliphatic heterocycles. The van der Waals surface area contributed by atoms with Crippen LogP contribution in [0.1, 0.15) is 34.6 Å². The fourth-order valence-electron chi connectivity index (χ4n) is 2.62. The van der Waals surface area contributed by atoms with Gasteiger partial charge in [-0.25, -0.2) is 4.79 Å². The zero-order chi connectivity index (χ0) is 20.5. The number of hydrogen-bond donors (Lipinski definition) is 2. The van der Waals surface area contributed by atoms with E-state index in [1.165, 1.54) is 7.11 Å². The fourth-order valence-corrected chi connectivity index (χ4v) is 2.62. The van der Waals surface area contributed by atoms with Gasteiger partial charge < -0.3 is 20.3 Å². The van der Waals surface area contributed by atoms with Crippen molar-refractivity contribution < 1.29 is 19.1 Å². The highest BCUT2D eigenvalue weighted by atomic mass is 16.5. The van der Waals surface area contributed by atoms with Crippen LogP contribution in [0, 0.1) is 0 Å². The van der Waals surface area contributed by atoms with Crippen molar-refractivity contribution in [3.05, 3.63) is 59.7 Å². The second-order valence-electron chi connectivity index (χ2n) is 6.03. The Balaban J connectivity index is 1.87. The summed E-state index contributed by atoms with van der Waals surface area (Å²) >= 11 is 0. The molecule has 0 spiro atoms. The Labute approximate surface area is 164 Å². The standard InChI is InChI=1S/C21H25N3O4/c1-4-24(5-2)20(26)15-6-10-17(11-7-15)22-14-19(25)23-18-12-8-16(9-13-18)21(27)28-3/h6-13,22H,4-5,14H2,1-3H3,(H,23,25).